The normalized spacial score (nSPS) is 25.6. The van der Waals surface area contributed by atoms with E-state index in [2.05, 4.69) is 0 Å². The van der Waals surface area contributed by atoms with Crippen LogP contribution in [0.5, 0.6) is 0 Å². The number of carbonyl (C=O) groups is 1. The summed E-state index contributed by atoms with van der Waals surface area (Å²) in [7, 11) is 0. The molecule has 3 rings (SSSR count). The Morgan fingerprint density at radius 3 is 2.47 bits per heavy atom. The molecule has 1 aliphatic heterocycles. The summed E-state index contributed by atoms with van der Waals surface area (Å²) in [6.45, 7) is 0.930. The molecule has 0 amide bonds. The minimum absolute atomic E-state index is 0.414. The number of carboxylic acid groups (broad SMARTS) is 1. The topological polar surface area (TPSA) is 59.7 Å². The highest BCUT2D eigenvalue weighted by Crippen LogP contribution is 2.62. The van der Waals surface area contributed by atoms with Gasteiger partial charge < -0.3 is 14.3 Å². The van der Waals surface area contributed by atoms with E-state index in [1.54, 1.807) is 12.3 Å². The number of rotatable bonds is 3. The second kappa shape index (κ2) is 2.64. The molecule has 0 atom stereocenters. The van der Waals surface area contributed by atoms with E-state index in [0.29, 0.717) is 13.2 Å². The van der Waals surface area contributed by atoms with Crippen molar-refractivity contribution in [2.75, 3.05) is 13.2 Å². The first-order valence-corrected chi connectivity index (χ1v) is 5.06. The van der Waals surface area contributed by atoms with Crippen LogP contribution < -0.4 is 0 Å². The quantitative estimate of drug-likeness (QED) is 0.815. The molecular weight excluding hydrogens is 196 g/mol. The lowest BCUT2D eigenvalue weighted by atomic mass is 9.69. The van der Waals surface area contributed by atoms with Crippen molar-refractivity contribution in [3.8, 4) is 0 Å². The maximum absolute atomic E-state index is 11.3. The molecule has 1 aromatic heterocycles. The Balaban J connectivity index is 2.04. The fourth-order valence-electron chi connectivity index (χ4n) is 2.53. The highest BCUT2D eigenvalue weighted by molar-refractivity contribution is 5.80. The summed E-state index contributed by atoms with van der Waals surface area (Å²) in [5.74, 6) is 0.0378. The first-order valence-electron chi connectivity index (χ1n) is 5.06. The second-order valence-corrected chi connectivity index (χ2v) is 4.44. The molecule has 0 radical (unpaired) electrons. The van der Waals surface area contributed by atoms with Gasteiger partial charge in [-0.3, -0.25) is 4.79 Å². The van der Waals surface area contributed by atoms with Gasteiger partial charge in [-0.15, -0.1) is 0 Å². The molecule has 1 N–H and O–H groups in total. The largest absolute Gasteiger partial charge is 0.481 e. The smallest absolute Gasteiger partial charge is 0.310 e. The van der Waals surface area contributed by atoms with Crippen molar-refractivity contribution in [1.82, 2.24) is 0 Å². The van der Waals surface area contributed by atoms with Crippen LogP contribution in [0.4, 0.5) is 0 Å². The van der Waals surface area contributed by atoms with Crippen molar-refractivity contribution in [3.63, 3.8) is 0 Å². The molecule has 2 heterocycles. The summed E-state index contributed by atoms with van der Waals surface area (Å²) in [4.78, 5) is 11.3. The zero-order valence-electron chi connectivity index (χ0n) is 8.23. The molecule has 1 saturated carbocycles. The number of hydrogen-bond donors (Lipinski definition) is 1. The van der Waals surface area contributed by atoms with E-state index in [1.165, 1.54) is 0 Å². The SMILES string of the molecule is O=C(O)C1(C2(c3ccco3)COC2)CC1. The number of furan rings is 1. The standard InChI is InChI=1S/C11H12O4/c12-9(13)10(3-4-10)11(6-14-7-11)8-2-1-5-15-8/h1-2,5H,3-4,6-7H2,(H,12,13). The Hall–Kier alpha value is -1.29. The molecule has 80 valence electrons. The molecule has 15 heavy (non-hydrogen) atoms. The summed E-state index contributed by atoms with van der Waals surface area (Å²) in [5.41, 5.74) is -1.05. The number of aliphatic carboxylic acids is 1. The highest BCUT2D eigenvalue weighted by Gasteiger charge is 2.69. The first-order chi connectivity index (χ1) is 7.21. The lowest BCUT2D eigenvalue weighted by Crippen LogP contribution is -2.56. The van der Waals surface area contributed by atoms with Crippen molar-refractivity contribution < 1.29 is 19.1 Å². The summed E-state index contributed by atoms with van der Waals surface area (Å²) >= 11 is 0. The van der Waals surface area contributed by atoms with Crippen LogP contribution in [0.15, 0.2) is 22.8 Å². The van der Waals surface area contributed by atoms with E-state index in [1.807, 2.05) is 6.07 Å². The zero-order valence-corrected chi connectivity index (χ0v) is 8.23. The predicted molar refractivity (Wildman–Crippen MR) is 50.5 cm³/mol. The Morgan fingerprint density at radius 2 is 2.13 bits per heavy atom. The van der Waals surface area contributed by atoms with Gasteiger partial charge in [-0.2, -0.15) is 0 Å². The van der Waals surface area contributed by atoms with Crippen LogP contribution in [0.25, 0.3) is 0 Å². The molecule has 0 unspecified atom stereocenters. The van der Waals surface area contributed by atoms with Crippen LogP contribution in [0.3, 0.4) is 0 Å². The molecule has 2 fully saturated rings. The lowest BCUT2D eigenvalue weighted by molar-refractivity contribution is -0.163. The summed E-state index contributed by atoms with van der Waals surface area (Å²) in [5, 5.41) is 9.31. The number of hydrogen-bond acceptors (Lipinski definition) is 3. The van der Waals surface area contributed by atoms with Crippen LogP contribution in [-0.4, -0.2) is 24.3 Å². The van der Waals surface area contributed by atoms with Crippen molar-refractivity contribution in [2.45, 2.75) is 18.3 Å². The molecule has 0 aromatic carbocycles. The zero-order chi connectivity index (χ0) is 10.5. The molecule has 0 spiro atoms. The molecule has 4 nitrogen and oxygen atoms in total. The molecule has 2 aliphatic rings. The summed E-state index contributed by atoms with van der Waals surface area (Å²) < 4.78 is 10.6. The monoisotopic (exact) mass is 208 g/mol. The maximum atomic E-state index is 11.3. The molecule has 4 heteroatoms. The van der Waals surface area contributed by atoms with Crippen molar-refractivity contribution >= 4 is 5.97 Å². The van der Waals surface area contributed by atoms with Crippen LogP contribution in [0.2, 0.25) is 0 Å². The Morgan fingerprint density at radius 1 is 1.40 bits per heavy atom. The predicted octanol–water partition coefficient (Wildman–Crippen LogP) is 1.41. The average Bonchev–Trinajstić information content (AvgIpc) is 2.74. The Kier molecular flexibility index (Phi) is 1.58. The third kappa shape index (κ3) is 0.925. The van der Waals surface area contributed by atoms with E-state index < -0.39 is 16.8 Å². The van der Waals surface area contributed by atoms with Gasteiger partial charge in [-0.25, -0.2) is 0 Å². The van der Waals surface area contributed by atoms with E-state index in [0.717, 1.165) is 18.6 Å². The van der Waals surface area contributed by atoms with Crippen LogP contribution >= 0.6 is 0 Å². The van der Waals surface area contributed by atoms with Gasteiger partial charge in [0.25, 0.3) is 0 Å². The molecule has 0 bridgehead atoms. The van der Waals surface area contributed by atoms with Crippen LogP contribution in [0, 0.1) is 5.41 Å². The third-order valence-electron chi connectivity index (χ3n) is 3.77. The fraction of sp³-hybridized carbons (Fsp3) is 0.545. The van der Waals surface area contributed by atoms with Gasteiger partial charge in [0.2, 0.25) is 0 Å². The van der Waals surface area contributed by atoms with Crippen LogP contribution in [-0.2, 0) is 14.9 Å². The van der Waals surface area contributed by atoms with Gasteiger partial charge >= 0.3 is 5.97 Å². The summed E-state index contributed by atoms with van der Waals surface area (Å²) in [6, 6.07) is 3.65. The van der Waals surface area contributed by atoms with E-state index in [4.69, 9.17) is 9.15 Å². The number of ether oxygens (including phenoxy) is 1. The molecule has 1 aliphatic carbocycles. The van der Waals surface area contributed by atoms with Gasteiger partial charge in [0, 0.05) is 0 Å². The van der Waals surface area contributed by atoms with Gasteiger partial charge in [0.15, 0.2) is 0 Å². The third-order valence-corrected chi connectivity index (χ3v) is 3.77. The minimum atomic E-state index is -0.720. The average molecular weight is 208 g/mol. The lowest BCUT2D eigenvalue weighted by Gasteiger charge is -2.44. The maximum Gasteiger partial charge on any atom is 0.310 e. The van der Waals surface area contributed by atoms with E-state index in [9.17, 15) is 9.90 Å². The van der Waals surface area contributed by atoms with Crippen molar-refractivity contribution in [1.29, 1.82) is 0 Å². The second-order valence-electron chi connectivity index (χ2n) is 4.44. The fourth-order valence-corrected chi connectivity index (χ4v) is 2.53. The molecular formula is C11H12O4. The highest BCUT2D eigenvalue weighted by atomic mass is 16.5. The van der Waals surface area contributed by atoms with Gasteiger partial charge in [-0.05, 0) is 25.0 Å². The minimum Gasteiger partial charge on any atom is -0.481 e. The van der Waals surface area contributed by atoms with Gasteiger partial charge in [-0.1, -0.05) is 0 Å². The summed E-state index contributed by atoms with van der Waals surface area (Å²) in [6.07, 6.45) is 3.05. The van der Waals surface area contributed by atoms with E-state index in [-0.39, 0.29) is 0 Å². The van der Waals surface area contributed by atoms with Gasteiger partial charge in [0.05, 0.1) is 30.3 Å². The Bertz CT molecular complexity index is 385. The Labute approximate surface area is 86.8 Å². The molecule has 1 aromatic rings. The van der Waals surface area contributed by atoms with Crippen molar-refractivity contribution in [2.24, 2.45) is 5.41 Å². The van der Waals surface area contributed by atoms with Crippen LogP contribution in [0.1, 0.15) is 18.6 Å². The molecule has 1 saturated heterocycles. The first kappa shape index (κ1) is 8.97. The van der Waals surface area contributed by atoms with Gasteiger partial charge in [0.1, 0.15) is 5.76 Å². The van der Waals surface area contributed by atoms with E-state index >= 15 is 0 Å². The number of carboxylic acids is 1. The van der Waals surface area contributed by atoms with Crippen molar-refractivity contribution in [3.05, 3.63) is 24.2 Å².